The van der Waals surface area contributed by atoms with Crippen LogP contribution in [0.4, 0.5) is 5.69 Å². The summed E-state index contributed by atoms with van der Waals surface area (Å²) in [6.45, 7) is 1.89. The molecule has 6 heteroatoms. The molecule has 0 amide bonds. The number of ether oxygens (including phenoxy) is 1. The number of halogens is 1. The lowest BCUT2D eigenvalue weighted by molar-refractivity contribution is 0.413. The first-order valence-corrected chi connectivity index (χ1v) is 8.28. The molecule has 2 N–H and O–H groups in total. The van der Waals surface area contributed by atoms with Gasteiger partial charge in [0.25, 0.3) is 0 Å². The van der Waals surface area contributed by atoms with E-state index in [1.54, 1.807) is 18.2 Å². The van der Waals surface area contributed by atoms with E-state index in [1.165, 1.54) is 19.2 Å². The van der Waals surface area contributed by atoms with Gasteiger partial charge in [0.15, 0.2) is 9.84 Å². The predicted octanol–water partition coefficient (Wildman–Crippen LogP) is 3.21. The van der Waals surface area contributed by atoms with Crippen LogP contribution in [-0.2, 0) is 15.6 Å². The molecule has 0 saturated heterocycles. The molecule has 0 atom stereocenters. The van der Waals surface area contributed by atoms with Crippen LogP contribution in [0.15, 0.2) is 41.3 Å². The number of hydrogen-bond donors (Lipinski definition) is 1. The molecule has 0 spiro atoms. The molecule has 0 radical (unpaired) electrons. The normalized spacial score (nSPS) is 11.4. The Morgan fingerprint density at radius 2 is 1.90 bits per heavy atom. The third-order valence-electron chi connectivity index (χ3n) is 3.11. The predicted molar refractivity (Wildman–Crippen MR) is 84.5 cm³/mol. The molecule has 0 bridgehead atoms. The third-order valence-corrected chi connectivity index (χ3v) is 5.18. The summed E-state index contributed by atoms with van der Waals surface area (Å²) in [6, 6.07) is 9.83. The van der Waals surface area contributed by atoms with Gasteiger partial charge in [-0.3, -0.25) is 0 Å². The Hall–Kier alpha value is -1.72. The van der Waals surface area contributed by atoms with Crippen molar-refractivity contribution in [2.24, 2.45) is 0 Å². The number of benzene rings is 2. The Morgan fingerprint density at radius 1 is 1.19 bits per heavy atom. The highest BCUT2D eigenvalue weighted by atomic mass is 35.5. The first kappa shape index (κ1) is 15.7. The van der Waals surface area contributed by atoms with Gasteiger partial charge >= 0.3 is 0 Å². The third kappa shape index (κ3) is 3.49. The average Bonchev–Trinajstić information content (AvgIpc) is 2.42. The zero-order chi connectivity index (χ0) is 15.6. The minimum Gasteiger partial charge on any atom is -0.497 e. The van der Waals surface area contributed by atoms with Crippen molar-refractivity contribution in [1.29, 1.82) is 0 Å². The maximum absolute atomic E-state index is 12.5. The number of anilines is 1. The molecule has 0 aliphatic rings. The van der Waals surface area contributed by atoms with Crippen LogP contribution < -0.4 is 10.5 Å². The van der Waals surface area contributed by atoms with E-state index in [0.717, 1.165) is 5.56 Å². The SMILES string of the molecule is COc1ccc(N)c(S(=O)(=O)Cc2ccc(C)cc2Cl)c1. The number of methoxy groups -OCH3 is 1. The summed E-state index contributed by atoms with van der Waals surface area (Å²) in [5.74, 6) is 0.238. The molecule has 0 heterocycles. The van der Waals surface area contributed by atoms with Gasteiger partial charge < -0.3 is 10.5 Å². The highest BCUT2D eigenvalue weighted by Gasteiger charge is 2.20. The number of hydrogen-bond acceptors (Lipinski definition) is 4. The van der Waals surface area contributed by atoms with Crippen molar-refractivity contribution < 1.29 is 13.2 Å². The summed E-state index contributed by atoms with van der Waals surface area (Å²) in [4.78, 5) is 0.0542. The number of aryl methyl sites for hydroxylation is 1. The van der Waals surface area contributed by atoms with Crippen molar-refractivity contribution in [3.05, 3.63) is 52.5 Å². The second-order valence-corrected chi connectivity index (χ2v) is 7.12. The first-order valence-electron chi connectivity index (χ1n) is 6.25. The Morgan fingerprint density at radius 3 is 2.52 bits per heavy atom. The van der Waals surface area contributed by atoms with Crippen LogP contribution in [0, 0.1) is 6.92 Å². The maximum atomic E-state index is 12.5. The van der Waals surface area contributed by atoms with Gasteiger partial charge in [-0.25, -0.2) is 8.42 Å². The lowest BCUT2D eigenvalue weighted by Crippen LogP contribution is -2.08. The molecule has 2 aromatic rings. The smallest absolute Gasteiger partial charge is 0.184 e. The van der Waals surface area contributed by atoms with Gasteiger partial charge in [-0.15, -0.1) is 0 Å². The largest absolute Gasteiger partial charge is 0.497 e. The maximum Gasteiger partial charge on any atom is 0.184 e. The van der Waals surface area contributed by atoms with Gasteiger partial charge in [-0.2, -0.15) is 0 Å². The molecule has 0 fully saturated rings. The van der Waals surface area contributed by atoms with Crippen LogP contribution >= 0.6 is 11.6 Å². The molecule has 2 aromatic carbocycles. The van der Waals surface area contributed by atoms with Crippen LogP contribution in [0.1, 0.15) is 11.1 Å². The van der Waals surface area contributed by atoms with Crippen LogP contribution in [0.2, 0.25) is 5.02 Å². The summed E-state index contributed by atoms with van der Waals surface area (Å²) in [5, 5.41) is 0.431. The van der Waals surface area contributed by atoms with Crippen LogP contribution in [0.25, 0.3) is 0 Å². The van der Waals surface area contributed by atoms with Crippen LogP contribution in [-0.4, -0.2) is 15.5 Å². The highest BCUT2D eigenvalue weighted by Crippen LogP contribution is 2.29. The summed E-state index contributed by atoms with van der Waals surface area (Å²) in [7, 11) is -2.13. The summed E-state index contributed by atoms with van der Waals surface area (Å²) >= 11 is 6.10. The van der Waals surface area contributed by atoms with E-state index in [4.69, 9.17) is 22.1 Å². The fourth-order valence-electron chi connectivity index (χ4n) is 1.96. The Kier molecular flexibility index (Phi) is 4.44. The van der Waals surface area contributed by atoms with E-state index < -0.39 is 9.84 Å². The molecule has 0 aromatic heterocycles. The highest BCUT2D eigenvalue weighted by molar-refractivity contribution is 7.90. The topological polar surface area (TPSA) is 69.4 Å². The van der Waals surface area contributed by atoms with Gasteiger partial charge in [0, 0.05) is 11.1 Å². The van der Waals surface area contributed by atoms with E-state index in [2.05, 4.69) is 0 Å². The molecule has 0 unspecified atom stereocenters. The van der Waals surface area contributed by atoms with Crippen LogP contribution in [0.3, 0.4) is 0 Å². The van der Waals surface area contributed by atoms with Crippen molar-refractivity contribution in [3.8, 4) is 5.75 Å². The molecule has 21 heavy (non-hydrogen) atoms. The van der Waals surface area contributed by atoms with E-state index in [-0.39, 0.29) is 16.3 Å². The van der Waals surface area contributed by atoms with Crippen molar-refractivity contribution in [2.75, 3.05) is 12.8 Å². The number of sulfone groups is 1. The molecule has 0 aliphatic carbocycles. The van der Waals surface area contributed by atoms with Gasteiger partial charge in [0.05, 0.1) is 23.4 Å². The minimum absolute atomic E-state index is 0.0542. The first-order chi connectivity index (χ1) is 9.83. The molecule has 0 saturated carbocycles. The molecular weight excluding hydrogens is 310 g/mol. The zero-order valence-electron chi connectivity index (χ0n) is 11.8. The second-order valence-electron chi connectivity index (χ2n) is 4.76. The molecule has 112 valence electrons. The Bertz CT molecular complexity index is 772. The lowest BCUT2D eigenvalue weighted by Gasteiger charge is -2.10. The summed E-state index contributed by atoms with van der Waals surface area (Å²) < 4.78 is 30.1. The number of nitrogen functional groups attached to an aromatic ring is 1. The number of nitrogens with two attached hydrogens (primary N) is 1. The lowest BCUT2D eigenvalue weighted by atomic mass is 10.2. The monoisotopic (exact) mass is 325 g/mol. The Labute approximate surface area is 129 Å². The van der Waals surface area contributed by atoms with Crippen LogP contribution in [0.5, 0.6) is 5.75 Å². The van der Waals surface area contributed by atoms with Gasteiger partial charge in [0.2, 0.25) is 0 Å². The number of rotatable bonds is 4. The van der Waals surface area contributed by atoms with Crippen molar-refractivity contribution in [3.63, 3.8) is 0 Å². The van der Waals surface area contributed by atoms with Gasteiger partial charge in [-0.1, -0.05) is 23.7 Å². The standard InChI is InChI=1S/C15H16ClNO3S/c1-10-3-4-11(13(16)7-10)9-21(18,19)15-8-12(20-2)5-6-14(15)17/h3-8H,9,17H2,1-2H3. The van der Waals surface area contributed by atoms with E-state index in [9.17, 15) is 8.42 Å². The molecular formula is C15H16ClNO3S. The fourth-order valence-corrected chi connectivity index (χ4v) is 3.88. The van der Waals surface area contributed by atoms with E-state index in [0.29, 0.717) is 16.3 Å². The van der Waals surface area contributed by atoms with Gasteiger partial charge in [0.1, 0.15) is 5.75 Å². The molecule has 4 nitrogen and oxygen atoms in total. The van der Waals surface area contributed by atoms with Crippen molar-refractivity contribution in [1.82, 2.24) is 0 Å². The fraction of sp³-hybridized carbons (Fsp3) is 0.200. The molecule has 2 rings (SSSR count). The quantitative estimate of drug-likeness (QED) is 0.876. The molecule has 0 aliphatic heterocycles. The summed E-state index contributed by atoms with van der Waals surface area (Å²) in [5.41, 5.74) is 7.49. The van der Waals surface area contributed by atoms with Crippen molar-refractivity contribution in [2.45, 2.75) is 17.6 Å². The van der Waals surface area contributed by atoms with E-state index in [1.807, 2.05) is 13.0 Å². The van der Waals surface area contributed by atoms with Gasteiger partial charge in [-0.05, 0) is 36.2 Å². The summed E-state index contributed by atoms with van der Waals surface area (Å²) in [6.07, 6.45) is 0. The van der Waals surface area contributed by atoms with Crippen molar-refractivity contribution >= 4 is 27.1 Å². The average molecular weight is 326 g/mol. The minimum atomic E-state index is -3.60. The Balaban J connectivity index is 2.43. The zero-order valence-corrected chi connectivity index (χ0v) is 13.3. The van der Waals surface area contributed by atoms with E-state index >= 15 is 0 Å². The second kappa shape index (κ2) is 5.95.